The third-order valence-corrected chi connectivity index (χ3v) is 6.37. The minimum Gasteiger partial charge on any atom is -0.497 e. The molecule has 186 valence electrons. The molecule has 8 nitrogen and oxygen atoms in total. The molecular weight excluding hydrogens is 474 g/mol. The first-order valence-electron chi connectivity index (χ1n) is 12.3. The molecule has 0 atom stereocenters. The van der Waals surface area contributed by atoms with E-state index in [9.17, 15) is 0 Å². The number of rotatable bonds is 7. The Kier molecular flexibility index (Phi) is 6.19. The molecule has 0 aliphatic heterocycles. The number of aromatic nitrogens is 6. The van der Waals surface area contributed by atoms with E-state index in [-0.39, 0.29) is 0 Å². The molecule has 2 aromatic carbocycles. The van der Waals surface area contributed by atoms with E-state index in [0.717, 1.165) is 33.9 Å². The maximum Gasteiger partial charge on any atom is 0.171 e. The molecule has 0 radical (unpaired) electrons. The van der Waals surface area contributed by atoms with Crippen LogP contribution >= 0.6 is 0 Å². The zero-order valence-electron chi connectivity index (χ0n) is 21.1. The molecule has 0 saturated carbocycles. The van der Waals surface area contributed by atoms with E-state index in [1.54, 1.807) is 25.8 Å². The lowest BCUT2D eigenvalue weighted by Gasteiger charge is -2.21. The molecule has 0 fully saturated rings. The number of imidazole rings is 1. The van der Waals surface area contributed by atoms with Crippen molar-refractivity contribution >= 4 is 28.6 Å². The maximum absolute atomic E-state index is 5.35. The van der Waals surface area contributed by atoms with Crippen LogP contribution in [0.5, 0.6) is 5.75 Å². The van der Waals surface area contributed by atoms with Crippen LogP contribution in [0.4, 0.5) is 17.5 Å². The average molecular weight is 500 g/mol. The molecule has 4 aromatic heterocycles. The maximum atomic E-state index is 5.35. The van der Waals surface area contributed by atoms with Gasteiger partial charge in [0, 0.05) is 18.0 Å². The molecular formula is C30H25N7O. The SMILES string of the molecule is COc1ccc(Cn2c(-c3ccccc3C)nc3c(N(c4ccccn4)c4ccccn4)ncnc32)cc1. The fourth-order valence-electron chi connectivity index (χ4n) is 4.49. The van der Waals surface area contributed by atoms with E-state index < -0.39 is 0 Å². The summed E-state index contributed by atoms with van der Waals surface area (Å²) in [5.41, 5.74) is 4.65. The molecule has 0 N–H and O–H groups in total. The minimum atomic E-state index is 0.577. The molecule has 4 heterocycles. The highest BCUT2D eigenvalue weighted by Gasteiger charge is 2.24. The number of pyridine rings is 2. The lowest BCUT2D eigenvalue weighted by atomic mass is 10.1. The van der Waals surface area contributed by atoms with E-state index in [4.69, 9.17) is 19.7 Å². The van der Waals surface area contributed by atoms with Crippen LogP contribution in [0.2, 0.25) is 0 Å². The van der Waals surface area contributed by atoms with Gasteiger partial charge in [-0.3, -0.25) is 4.90 Å². The molecule has 38 heavy (non-hydrogen) atoms. The quantitative estimate of drug-likeness (QED) is 0.262. The van der Waals surface area contributed by atoms with Gasteiger partial charge in [-0.2, -0.15) is 0 Å². The molecule has 0 bridgehead atoms. The van der Waals surface area contributed by atoms with Gasteiger partial charge in [-0.05, 0) is 54.4 Å². The average Bonchev–Trinajstić information content (AvgIpc) is 3.34. The molecule has 0 spiro atoms. The Balaban J connectivity index is 1.59. The Labute approximate surface area is 220 Å². The first-order valence-corrected chi connectivity index (χ1v) is 12.3. The topological polar surface area (TPSA) is 81.9 Å². The Morgan fingerprint density at radius 1 is 0.763 bits per heavy atom. The number of nitrogens with zero attached hydrogens (tertiary/aromatic N) is 7. The molecule has 6 rings (SSSR count). The van der Waals surface area contributed by atoms with Gasteiger partial charge in [-0.15, -0.1) is 0 Å². The third-order valence-electron chi connectivity index (χ3n) is 6.37. The number of ether oxygens (including phenoxy) is 1. The normalized spacial score (nSPS) is 11.0. The van der Waals surface area contributed by atoms with Gasteiger partial charge in [0.2, 0.25) is 0 Å². The van der Waals surface area contributed by atoms with Crippen LogP contribution < -0.4 is 9.64 Å². The van der Waals surface area contributed by atoms with Crippen LogP contribution in [-0.4, -0.2) is 36.6 Å². The fourth-order valence-corrected chi connectivity index (χ4v) is 4.49. The molecule has 0 aliphatic carbocycles. The van der Waals surface area contributed by atoms with Gasteiger partial charge in [-0.1, -0.05) is 48.5 Å². The summed E-state index contributed by atoms with van der Waals surface area (Å²) < 4.78 is 7.49. The summed E-state index contributed by atoms with van der Waals surface area (Å²) in [6.45, 7) is 2.67. The number of aryl methyl sites for hydroxylation is 1. The van der Waals surface area contributed by atoms with E-state index in [1.807, 2.05) is 65.6 Å². The van der Waals surface area contributed by atoms with Crippen molar-refractivity contribution in [2.24, 2.45) is 0 Å². The van der Waals surface area contributed by atoms with Gasteiger partial charge in [0.25, 0.3) is 0 Å². The predicted octanol–water partition coefficient (Wildman–Crippen LogP) is 6.12. The Morgan fingerprint density at radius 2 is 1.45 bits per heavy atom. The number of methoxy groups -OCH3 is 1. The first-order chi connectivity index (χ1) is 18.7. The molecule has 0 amide bonds. The molecule has 0 aliphatic rings. The number of hydrogen-bond donors (Lipinski definition) is 0. The number of anilines is 3. The van der Waals surface area contributed by atoms with Gasteiger partial charge in [0.05, 0.1) is 13.7 Å². The van der Waals surface area contributed by atoms with Gasteiger partial charge < -0.3 is 9.30 Å². The summed E-state index contributed by atoms with van der Waals surface area (Å²) in [5, 5.41) is 0. The van der Waals surface area contributed by atoms with Crippen molar-refractivity contribution < 1.29 is 4.74 Å². The largest absolute Gasteiger partial charge is 0.497 e. The third kappa shape index (κ3) is 4.32. The molecule has 6 aromatic rings. The highest BCUT2D eigenvalue weighted by atomic mass is 16.5. The van der Waals surface area contributed by atoms with E-state index in [0.29, 0.717) is 29.5 Å². The molecule has 0 saturated heterocycles. The summed E-state index contributed by atoms with van der Waals surface area (Å²) >= 11 is 0. The van der Waals surface area contributed by atoms with Crippen LogP contribution in [0.15, 0.2) is 104 Å². The summed E-state index contributed by atoms with van der Waals surface area (Å²) in [5.74, 6) is 3.62. The summed E-state index contributed by atoms with van der Waals surface area (Å²) in [6, 6.07) is 27.8. The van der Waals surface area contributed by atoms with Crippen LogP contribution in [0.25, 0.3) is 22.6 Å². The van der Waals surface area contributed by atoms with Crippen LogP contribution in [0.3, 0.4) is 0 Å². The van der Waals surface area contributed by atoms with Crippen molar-refractivity contribution in [2.45, 2.75) is 13.5 Å². The molecule has 0 unspecified atom stereocenters. The number of benzene rings is 2. The minimum absolute atomic E-state index is 0.577. The van der Waals surface area contributed by atoms with E-state index in [2.05, 4.69) is 45.7 Å². The van der Waals surface area contributed by atoms with Crippen molar-refractivity contribution in [2.75, 3.05) is 12.0 Å². The second-order valence-corrected chi connectivity index (χ2v) is 8.77. The van der Waals surface area contributed by atoms with Crippen molar-refractivity contribution in [1.29, 1.82) is 0 Å². The zero-order chi connectivity index (χ0) is 25.9. The van der Waals surface area contributed by atoms with Crippen LogP contribution in [-0.2, 0) is 6.54 Å². The lowest BCUT2D eigenvalue weighted by molar-refractivity contribution is 0.414. The summed E-state index contributed by atoms with van der Waals surface area (Å²) in [4.78, 5) is 25.7. The second-order valence-electron chi connectivity index (χ2n) is 8.77. The Bertz CT molecular complexity index is 1640. The Morgan fingerprint density at radius 3 is 2.08 bits per heavy atom. The Hall–Kier alpha value is -5.11. The smallest absolute Gasteiger partial charge is 0.171 e. The summed E-state index contributed by atoms with van der Waals surface area (Å²) in [7, 11) is 1.67. The summed E-state index contributed by atoms with van der Waals surface area (Å²) in [6.07, 6.45) is 5.08. The second kappa shape index (κ2) is 10.1. The van der Waals surface area contributed by atoms with E-state index >= 15 is 0 Å². The van der Waals surface area contributed by atoms with Gasteiger partial charge in [-0.25, -0.2) is 24.9 Å². The van der Waals surface area contributed by atoms with Gasteiger partial charge >= 0.3 is 0 Å². The fraction of sp³-hybridized carbons (Fsp3) is 0.100. The van der Waals surface area contributed by atoms with Crippen molar-refractivity contribution in [1.82, 2.24) is 29.5 Å². The lowest BCUT2D eigenvalue weighted by Crippen LogP contribution is -2.15. The van der Waals surface area contributed by atoms with Gasteiger partial charge in [0.1, 0.15) is 29.5 Å². The monoisotopic (exact) mass is 499 g/mol. The number of fused-ring (bicyclic) bond motifs is 1. The van der Waals surface area contributed by atoms with Gasteiger partial charge in [0.15, 0.2) is 17.0 Å². The first kappa shape index (κ1) is 23.3. The van der Waals surface area contributed by atoms with Crippen LogP contribution in [0, 0.1) is 6.92 Å². The standard InChI is InChI=1S/C30H25N7O/c1-21-9-3-4-10-24(21)28-35-27-29(36(28)19-22-13-15-23(38-2)16-14-22)33-20-34-30(27)37(25-11-5-7-17-31-25)26-12-6-8-18-32-26/h3-18,20H,19H2,1-2H3. The molecule has 8 heteroatoms. The van der Waals surface area contributed by atoms with Crippen molar-refractivity contribution in [3.63, 3.8) is 0 Å². The number of hydrogen-bond acceptors (Lipinski definition) is 7. The van der Waals surface area contributed by atoms with E-state index in [1.165, 1.54) is 0 Å². The predicted molar refractivity (Wildman–Crippen MR) is 148 cm³/mol. The van der Waals surface area contributed by atoms with Crippen molar-refractivity contribution in [3.8, 4) is 17.1 Å². The zero-order valence-corrected chi connectivity index (χ0v) is 21.1. The van der Waals surface area contributed by atoms with Crippen LogP contribution in [0.1, 0.15) is 11.1 Å². The highest BCUT2D eigenvalue weighted by Crippen LogP contribution is 2.36. The highest BCUT2D eigenvalue weighted by molar-refractivity contribution is 5.91. The van der Waals surface area contributed by atoms with Crippen molar-refractivity contribution in [3.05, 3.63) is 115 Å².